The molecule has 3 aromatic rings. The minimum absolute atomic E-state index is 0.0773. The smallest absolute Gasteiger partial charge is 0.325 e. The second kappa shape index (κ2) is 8.22. The van der Waals surface area contributed by atoms with E-state index in [1.165, 1.54) is 12.0 Å². The molecule has 2 aromatic carbocycles. The van der Waals surface area contributed by atoms with Gasteiger partial charge in [0, 0.05) is 16.8 Å². The van der Waals surface area contributed by atoms with Gasteiger partial charge in [-0.2, -0.15) is 5.26 Å². The molecule has 1 amide bonds. The lowest BCUT2D eigenvalue weighted by atomic mass is 9.68. The number of methoxy groups -OCH3 is 1. The van der Waals surface area contributed by atoms with Crippen LogP contribution in [0.25, 0.3) is 11.3 Å². The normalized spacial score (nSPS) is 18.1. The third-order valence-corrected chi connectivity index (χ3v) is 6.18. The van der Waals surface area contributed by atoms with Crippen molar-refractivity contribution in [3.63, 3.8) is 0 Å². The monoisotopic (exact) mass is 471 g/mol. The molecule has 0 radical (unpaired) electrons. The fourth-order valence-corrected chi connectivity index (χ4v) is 4.73. The summed E-state index contributed by atoms with van der Waals surface area (Å²) in [6.45, 7) is 2.08. The lowest BCUT2D eigenvalue weighted by molar-refractivity contribution is -0.140. The number of carbonyl (C=O) groups is 2. The molecule has 0 aliphatic carbocycles. The minimum atomic E-state index is -1.67. The molecular weight excluding hydrogens is 450 g/mol. The number of nitrogens with one attached hydrogen (secondary N) is 1. The van der Waals surface area contributed by atoms with Crippen LogP contribution in [0.3, 0.4) is 0 Å². The molecule has 1 aromatic heterocycles. The summed E-state index contributed by atoms with van der Waals surface area (Å²) in [5.41, 5.74) is 6.88. The number of hydrogen-bond acceptors (Lipinski definition) is 8. The van der Waals surface area contributed by atoms with Crippen LogP contribution in [0.15, 0.2) is 60.0 Å². The molecule has 10 nitrogen and oxygen atoms in total. The number of aromatic amines is 1. The van der Waals surface area contributed by atoms with Gasteiger partial charge in [0.05, 0.1) is 25.0 Å². The molecule has 1 spiro atoms. The zero-order valence-electron chi connectivity index (χ0n) is 19.0. The standard InChI is InChI=1S/C25H21N5O5/c1-3-34-15-10-8-14(9-11-15)21-20-23(29-28-21)35-22(27)17(12-26)25(20)16-6-4-5-7-18(16)30(24(25)32)13-19(31)33-2/h4-11H,3,13,27H2,1-2H3,(H,28,29)/t25-/m0/s1. The number of amides is 1. The van der Waals surface area contributed by atoms with Gasteiger partial charge in [-0.1, -0.05) is 18.2 Å². The number of rotatable bonds is 5. The van der Waals surface area contributed by atoms with Gasteiger partial charge in [0.2, 0.25) is 17.7 Å². The van der Waals surface area contributed by atoms with Gasteiger partial charge in [0.15, 0.2) is 0 Å². The summed E-state index contributed by atoms with van der Waals surface area (Å²) >= 11 is 0. The molecule has 3 heterocycles. The maximum Gasteiger partial charge on any atom is 0.325 e. The Kier molecular flexibility index (Phi) is 5.17. The first-order valence-corrected chi connectivity index (χ1v) is 10.9. The first-order chi connectivity index (χ1) is 17.0. The first-order valence-electron chi connectivity index (χ1n) is 10.9. The predicted molar refractivity (Wildman–Crippen MR) is 124 cm³/mol. The number of nitrogens with zero attached hydrogens (tertiary/aromatic N) is 3. The summed E-state index contributed by atoms with van der Waals surface area (Å²) in [6.07, 6.45) is 0. The van der Waals surface area contributed by atoms with Crippen molar-refractivity contribution in [2.75, 3.05) is 25.2 Å². The molecule has 0 fully saturated rings. The number of carbonyl (C=O) groups excluding carboxylic acids is 2. The largest absolute Gasteiger partial charge is 0.494 e. The summed E-state index contributed by atoms with van der Waals surface area (Å²) in [5.74, 6) is -0.598. The summed E-state index contributed by atoms with van der Waals surface area (Å²) in [7, 11) is 1.25. The van der Waals surface area contributed by atoms with Crippen LogP contribution >= 0.6 is 0 Å². The summed E-state index contributed by atoms with van der Waals surface area (Å²) in [5, 5.41) is 17.4. The Morgan fingerprint density at radius 2 is 2.00 bits per heavy atom. The van der Waals surface area contributed by atoms with E-state index in [0.29, 0.717) is 40.4 Å². The summed E-state index contributed by atoms with van der Waals surface area (Å²) in [6, 6.07) is 16.3. The van der Waals surface area contributed by atoms with Crippen molar-refractivity contribution in [2.24, 2.45) is 5.73 Å². The number of H-pyrrole nitrogens is 1. The maximum absolute atomic E-state index is 14.2. The number of anilines is 1. The number of aromatic nitrogens is 2. The van der Waals surface area contributed by atoms with Crippen LogP contribution < -0.4 is 20.1 Å². The van der Waals surface area contributed by atoms with Gasteiger partial charge in [-0.25, -0.2) is 0 Å². The van der Waals surface area contributed by atoms with Crippen LogP contribution in [0.2, 0.25) is 0 Å². The molecular formula is C25H21N5O5. The van der Waals surface area contributed by atoms with Gasteiger partial charge in [-0.3, -0.25) is 19.6 Å². The van der Waals surface area contributed by atoms with E-state index in [4.69, 9.17) is 19.9 Å². The maximum atomic E-state index is 14.2. The number of para-hydroxylation sites is 1. The lowest BCUT2D eigenvalue weighted by Crippen LogP contribution is -2.47. The van der Waals surface area contributed by atoms with Gasteiger partial charge in [-0.15, -0.1) is 5.10 Å². The van der Waals surface area contributed by atoms with Crippen LogP contribution in [0.1, 0.15) is 18.1 Å². The Labute approximate surface area is 200 Å². The average Bonchev–Trinajstić information content (AvgIpc) is 3.39. The van der Waals surface area contributed by atoms with Crippen molar-refractivity contribution in [1.82, 2.24) is 10.2 Å². The quantitative estimate of drug-likeness (QED) is 0.540. The molecule has 0 saturated carbocycles. The number of nitriles is 1. The lowest BCUT2D eigenvalue weighted by Gasteiger charge is -2.32. The van der Waals surface area contributed by atoms with Crippen molar-refractivity contribution in [3.05, 3.63) is 71.1 Å². The molecule has 5 rings (SSSR count). The second-order valence-electron chi connectivity index (χ2n) is 7.92. The van der Waals surface area contributed by atoms with Crippen LogP contribution in [0.4, 0.5) is 5.69 Å². The van der Waals surface area contributed by atoms with Crippen LogP contribution in [0, 0.1) is 11.3 Å². The van der Waals surface area contributed by atoms with Crippen molar-refractivity contribution < 1.29 is 23.8 Å². The minimum Gasteiger partial charge on any atom is -0.494 e. The van der Waals surface area contributed by atoms with Gasteiger partial charge < -0.3 is 19.9 Å². The van der Waals surface area contributed by atoms with Gasteiger partial charge >= 0.3 is 5.97 Å². The third-order valence-electron chi connectivity index (χ3n) is 6.18. The highest BCUT2D eigenvalue weighted by Gasteiger charge is 2.61. The van der Waals surface area contributed by atoms with Crippen LogP contribution in [-0.2, 0) is 19.7 Å². The molecule has 2 aliphatic rings. The van der Waals surface area contributed by atoms with Gasteiger partial charge in [-0.05, 0) is 37.3 Å². The highest BCUT2D eigenvalue weighted by Crippen LogP contribution is 2.56. The molecule has 2 aliphatic heterocycles. The van der Waals surface area contributed by atoms with E-state index in [9.17, 15) is 14.9 Å². The second-order valence-corrected chi connectivity index (χ2v) is 7.92. The van der Waals surface area contributed by atoms with E-state index in [-0.39, 0.29) is 23.9 Å². The molecule has 10 heteroatoms. The van der Waals surface area contributed by atoms with Crippen molar-refractivity contribution >= 4 is 17.6 Å². The highest BCUT2D eigenvalue weighted by molar-refractivity contribution is 6.16. The Hall–Kier alpha value is -4.78. The number of ether oxygens (including phenoxy) is 3. The van der Waals surface area contributed by atoms with E-state index < -0.39 is 17.3 Å². The van der Waals surface area contributed by atoms with Crippen molar-refractivity contribution in [3.8, 4) is 29.0 Å². The molecule has 35 heavy (non-hydrogen) atoms. The fraction of sp³-hybridized carbons (Fsp3) is 0.200. The van der Waals surface area contributed by atoms with E-state index in [0.717, 1.165) is 0 Å². The molecule has 0 bridgehead atoms. The van der Waals surface area contributed by atoms with E-state index >= 15 is 0 Å². The van der Waals surface area contributed by atoms with E-state index in [1.807, 2.05) is 19.1 Å². The molecule has 0 unspecified atom stereocenters. The van der Waals surface area contributed by atoms with Crippen LogP contribution in [-0.4, -0.2) is 42.3 Å². The Balaban J connectivity index is 1.79. The number of fused-ring (bicyclic) bond motifs is 4. The number of hydrogen-bond donors (Lipinski definition) is 2. The predicted octanol–water partition coefficient (Wildman–Crippen LogP) is 2.37. The topological polar surface area (TPSA) is 144 Å². The highest BCUT2D eigenvalue weighted by atomic mass is 16.5. The Morgan fingerprint density at radius 3 is 2.69 bits per heavy atom. The zero-order valence-corrected chi connectivity index (χ0v) is 19.0. The van der Waals surface area contributed by atoms with Gasteiger partial charge in [0.1, 0.15) is 29.4 Å². The molecule has 3 N–H and O–H groups in total. The van der Waals surface area contributed by atoms with E-state index in [2.05, 4.69) is 16.3 Å². The van der Waals surface area contributed by atoms with E-state index in [1.54, 1.807) is 36.4 Å². The van der Waals surface area contributed by atoms with Gasteiger partial charge in [0.25, 0.3) is 0 Å². The van der Waals surface area contributed by atoms with Crippen LogP contribution in [0.5, 0.6) is 11.6 Å². The zero-order chi connectivity index (χ0) is 24.7. The SMILES string of the molecule is CCOc1ccc(-c2[nH]nc3c2[C@@]2(C(=O)N(CC(=O)OC)c4ccccc42)C(C#N)=C(N)O3)cc1. The summed E-state index contributed by atoms with van der Waals surface area (Å²) < 4.78 is 16.0. The average molecular weight is 471 g/mol. The number of benzene rings is 2. The fourth-order valence-electron chi connectivity index (χ4n) is 4.73. The first kappa shape index (κ1) is 22.0. The summed E-state index contributed by atoms with van der Waals surface area (Å²) in [4.78, 5) is 27.8. The number of nitrogens with two attached hydrogens (primary N) is 1. The van der Waals surface area contributed by atoms with Crippen molar-refractivity contribution in [2.45, 2.75) is 12.3 Å². The Morgan fingerprint density at radius 1 is 1.26 bits per heavy atom. The Bertz CT molecular complexity index is 1420. The molecule has 176 valence electrons. The molecule has 0 saturated heterocycles. The third kappa shape index (κ3) is 3.05. The number of esters is 1. The molecule has 1 atom stereocenters. The van der Waals surface area contributed by atoms with Crippen molar-refractivity contribution in [1.29, 1.82) is 5.26 Å².